The first-order valence-corrected chi connectivity index (χ1v) is 31.8. The lowest BCUT2D eigenvalue weighted by molar-refractivity contribution is -0.870. The third-order valence-electron chi connectivity index (χ3n) is 14.0. The first-order chi connectivity index (χ1) is 36.6. The summed E-state index contributed by atoms with van der Waals surface area (Å²) in [6.07, 6.45) is 68.9. The van der Waals surface area contributed by atoms with Crippen molar-refractivity contribution in [3.8, 4) is 0 Å². The number of ether oxygens (including phenoxy) is 4. The molecule has 2 unspecified atom stereocenters. The highest BCUT2D eigenvalue weighted by atomic mass is 16.7. The predicted octanol–water partition coefficient (Wildman–Crippen LogP) is 17.7. The van der Waals surface area contributed by atoms with Crippen molar-refractivity contribution in [1.82, 2.24) is 0 Å². The number of carboxylic acid groups (broad SMARTS) is 1. The molecule has 0 amide bonds. The van der Waals surface area contributed by atoms with Crippen LogP contribution in [-0.4, -0.2) is 82.3 Å². The minimum atomic E-state index is -1.63. The second-order valence-corrected chi connectivity index (χ2v) is 22.7. The van der Waals surface area contributed by atoms with Crippen LogP contribution in [0.1, 0.15) is 296 Å². The standard InChI is InChI=1S/C66H121NO8/c1-6-8-10-12-14-16-18-20-22-24-26-27-28-29-30-31-32-33-34-35-36-37-39-40-42-44-46-48-50-52-54-56-63(68)73-60-62(61-74-66(65(70)71)72-59-58-67(3,4)5)75-64(69)57-55-53-51-49-47-45-43-41-38-25-23-21-19-17-15-13-11-9-7-2/h15,17,21,23-24,26,38,41,62,66H,6-14,16,18-20,22,25,27-37,39-40,42-61H2,1-5H3/b17-15-,23-21-,26-24-,41-38-. The Morgan fingerprint density at radius 2 is 0.720 bits per heavy atom. The van der Waals surface area contributed by atoms with E-state index in [1.54, 1.807) is 0 Å². The topological polar surface area (TPSA) is 111 Å². The molecule has 0 bridgehead atoms. The summed E-state index contributed by atoms with van der Waals surface area (Å²) in [6, 6.07) is 0. The summed E-state index contributed by atoms with van der Waals surface area (Å²) in [5.74, 6) is -2.29. The fraction of sp³-hybridized carbons (Fsp3) is 0.833. The molecule has 0 rings (SSSR count). The number of carboxylic acids is 1. The average molecular weight is 1060 g/mol. The minimum Gasteiger partial charge on any atom is -0.545 e. The Kier molecular flexibility index (Phi) is 55.3. The highest BCUT2D eigenvalue weighted by molar-refractivity contribution is 5.70. The Morgan fingerprint density at radius 3 is 1.11 bits per heavy atom. The number of esters is 2. The second-order valence-electron chi connectivity index (χ2n) is 22.7. The molecular formula is C66H121NO8. The summed E-state index contributed by atoms with van der Waals surface area (Å²) >= 11 is 0. The summed E-state index contributed by atoms with van der Waals surface area (Å²) in [4.78, 5) is 37.3. The molecule has 75 heavy (non-hydrogen) atoms. The molecule has 0 saturated heterocycles. The third kappa shape index (κ3) is 58.8. The zero-order valence-electron chi connectivity index (χ0n) is 49.9. The molecule has 438 valence electrons. The quantitative estimate of drug-likeness (QED) is 0.0195. The van der Waals surface area contributed by atoms with E-state index >= 15 is 0 Å². The van der Waals surface area contributed by atoms with Gasteiger partial charge in [0.15, 0.2) is 12.4 Å². The highest BCUT2D eigenvalue weighted by Gasteiger charge is 2.22. The lowest BCUT2D eigenvalue weighted by Crippen LogP contribution is -2.44. The number of nitrogens with zero attached hydrogens (tertiary/aromatic N) is 1. The molecule has 0 aliphatic rings. The van der Waals surface area contributed by atoms with Crippen molar-refractivity contribution in [2.45, 2.75) is 309 Å². The molecular weight excluding hydrogens is 935 g/mol. The van der Waals surface area contributed by atoms with Crippen molar-refractivity contribution in [3.05, 3.63) is 48.6 Å². The maximum Gasteiger partial charge on any atom is 0.306 e. The first-order valence-electron chi connectivity index (χ1n) is 31.8. The van der Waals surface area contributed by atoms with Gasteiger partial charge in [-0.25, -0.2) is 0 Å². The molecule has 0 aliphatic carbocycles. The van der Waals surface area contributed by atoms with Gasteiger partial charge in [0.05, 0.1) is 40.3 Å². The molecule has 0 aromatic rings. The molecule has 0 heterocycles. The van der Waals surface area contributed by atoms with Gasteiger partial charge in [0.2, 0.25) is 0 Å². The molecule has 0 radical (unpaired) electrons. The van der Waals surface area contributed by atoms with E-state index in [4.69, 9.17) is 18.9 Å². The van der Waals surface area contributed by atoms with Crippen LogP contribution in [0.2, 0.25) is 0 Å². The van der Waals surface area contributed by atoms with Crippen molar-refractivity contribution < 1.29 is 42.9 Å². The number of rotatable bonds is 59. The Labute approximate surface area is 463 Å². The summed E-state index contributed by atoms with van der Waals surface area (Å²) in [7, 11) is 5.92. The fourth-order valence-corrected chi connectivity index (χ4v) is 9.13. The average Bonchev–Trinajstić information content (AvgIpc) is 3.38. The van der Waals surface area contributed by atoms with Crippen molar-refractivity contribution in [2.24, 2.45) is 0 Å². The number of hydrogen-bond acceptors (Lipinski definition) is 8. The van der Waals surface area contributed by atoms with Crippen LogP contribution in [-0.2, 0) is 33.3 Å². The monoisotopic (exact) mass is 1060 g/mol. The van der Waals surface area contributed by atoms with Gasteiger partial charge in [-0.05, 0) is 77.0 Å². The summed E-state index contributed by atoms with van der Waals surface area (Å²) in [6.45, 7) is 4.74. The number of aliphatic carboxylic acids is 1. The van der Waals surface area contributed by atoms with Crippen molar-refractivity contribution in [2.75, 3.05) is 47.5 Å². The van der Waals surface area contributed by atoms with Gasteiger partial charge in [-0.3, -0.25) is 9.59 Å². The summed E-state index contributed by atoms with van der Waals surface area (Å²) in [5, 5.41) is 11.8. The maximum atomic E-state index is 12.9. The summed E-state index contributed by atoms with van der Waals surface area (Å²) in [5.41, 5.74) is 0. The van der Waals surface area contributed by atoms with Gasteiger partial charge in [0.25, 0.3) is 0 Å². The number of allylic oxidation sites excluding steroid dienone is 8. The number of unbranched alkanes of at least 4 members (excludes halogenated alkanes) is 36. The molecule has 0 fully saturated rings. The van der Waals surface area contributed by atoms with Crippen LogP contribution >= 0.6 is 0 Å². The SMILES string of the molecule is CCCCC/C=C\C/C=C\C/C=C\CCCCCCCCC(=O)OC(COC(=O)CCCCCCCCCCCCCCCCCCCCC/C=C\CCCCCCCCCC)COC(OCC[N+](C)(C)C)C(=O)[O-]. The Hall–Kier alpha value is -2.75. The molecule has 0 N–H and O–H groups in total. The van der Waals surface area contributed by atoms with Gasteiger partial charge in [-0.2, -0.15) is 0 Å². The van der Waals surface area contributed by atoms with E-state index in [2.05, 4.69) is 62.5 Å². The van der Waals surface area contributed by atoms with Gasteiger partial charge >= 0.3 is 11.9 Å². The molecule has 9 nitrogen and oxygen atoms in total. The van der Waals surface area contributed by atoms with Crippen LogP contribution in [0, 0.1) is 0 Å². The number of likely N-dealkylation sites (N-methyl/N-ethyl adjacent to an activating group) is 1. The van der Waals surface area contributed by atoms with E-state index < -0.39 is 24.3 Å². The van der Waals surface area contributed by atoms with Gasteiger partial charge < -0.3 is 33.3 Å². The Balaban J connectivity index is 4.11. The fourth-order valence-electron chi connectivity index (χ4n) is 9.13. The van der Waals surface area contributed by atoms with Gasteiger partial charge in [0.1, 0.15) is 13.2 Å². The van der Waals surface area contributed by atoms with E-state index in [0.29, 0.717) is 23.9 Å². The molecule has 0 saturated carbocycles. The van der Waals surface area contributed by atoms with Gasteiger partial charge in [-0.15, -0.1) is 0 Å². The molecule has 0 aromatic carbocycles. The van der Waals surface area contributed by atoms with Crippen molar-refractivity contribution >= 4 is 17.9 Å². The highest BCUT2D eigenvalue weighted by Crippen LogP contribution is 2.17. The largest absolute Gasteiger partial charge is 0.545 e. The minimum absolute atomic E-state index is 0.145. The molecule has 2 atom stereocenters. The van der Waals surface area contributed by atoms with Gasteiger partial charge in [-0.1, -0.05) is 255 Å². The van der Waals surface area contributed by atoms with Crippen LogP contribution in [0.4, 0.5) is 0 Å². The number of quaternary nitrogens is 1. The zero-order valence-corrected chi connectivity index (χ0v) is 49.9. The maximum absolute atomic E-state index is 12.9. The molecule has 0 aromatic heterocycles. The van der Waals surface area contributed by atoms with Crippen LogP contribution in [0.3, 0.4) is 0 Å². The van der Waals surface area contributed by atoms with Gasteiger partial charge in [0, 0.05) is 12.8 Å². The lowest BCUT2D eigenvalue weighted by atomic mass is 10.0. The normalized spacial score (nSPS) is 13.0. The van der Waals surface area contributed by atoms with Crippen molar-refractivity contribution in [1.29, 1.82) is 0 Å². The molecule has 0 aliphatic heterocycles. The van der Waals surface area contributed by atoms with Crippen LogP contribution in [0.5, 0.6) is 0 Å². The van der Waals surface area contributed by atoms with E-state index in [1.807, 2.05) is 21.1 Å². The lowest BCUT2D eigenvalue weighted by Gasteiger charge is -2.26. The Morgan fingerprint density at radius 1 is 0.400 bits per heavy atom. The number of carbonyl (C=O) groups is 3. The number of carbonyl (C=O) groups excluding carboxylic acids is 3. The third-order valence-corrected chi connectivity index (χ3v) is 14.0. The molecule has 9 heteroatoms. The first kappa shape index (κ1) is 72.2. The number of hydrogen-bond donors (Lipinski definition) is 0. The van der Waals surface area contributed by atoms with E-state index in [9.17, 15) is 19.5 Å². The predicted molar refractivity (Wildman–Crippen MR) is 315 cm³/mol. The second kappa shape index (κ2) is 57.4. The Bertz CT molecular complexity index is 1370. The smallest absolute Gasteiger partial charge is 0.306 e. The van der Waals surface area contributed by atoms with E-state index in [1.165, 1.54) is 193 Å². The zero-order chi connectivity index (χ0) is 54.8. The summed E-state index contributed by atoms with van der Waals surface area (Å²) < 4.78 is 22.7. The molecule has 0 spiro atoms. The van der Waals surface area contributed by atoms with Crippen molar-refractivity contribution in [3.63, 3.8) is 0 Å². The van der Waals surface area contributed by atoms with E-state index in [0.717, 1.165) is 70.6 Å². The van der Waals surface area contributed by atoms with E-state index in [-0.39, 0.29) is 32.2 Å². The van der Waals surface area contributed by atoms with Crippen LogP contribution < -0.4 is 5.11 Å². The van der Waals surface area contributed by atoms with Crippen LogP contribution in [0.25, 0.3) is 0 Å². The van der Waals surface area contributed by atoms with Crippen LogP contribution in [0.15, 0.2) is 48.6 Å².